The van der Waals surface area contributed by atoms with Crippen molar-refractivity contribution in [2.45, 2.75) is 26.4 Å². The van der Waals surface area contributed by atoms with Gasteiger partial charge in [0.25, 0.3) is 0 Å². The van der Waals surface area contributed by atoms with Crippen molar-refractivity contribution >= 4 is 11.5 Å². The fraction of sp³-hybridized carbons (Fsp3) is 0.500. The van der Waals surface area contributed by atoms with Crippen molar-refractivity contribution in [1.82, 2.24) is 19.6 Å². The molecular formula is C10H15N5O2. The Morgan fingerprint density at radius 2 is 2.29 bits per heavy atom. The van der Waals surface area contributed by atoms with Gasteiger partial charge in [-0.2, -0.15) is 5.10 Å². The highest BCUT2D eigenvalue weighted by atomic mass is 16.3. The van der Waals surface area contributed by atoms with Gasteiger partial charge in [-0.05, 0) is 20.8 Å². The van der Waals surface area contributed by atoms with E-state index in [2.05, 4.69) is 20.5 Å². The largest absolute Gasteiger partial charge is 0.389 e. The fourth-order valence-corrected chi connectivity index (χ4v) is 1.49. The van der Waals surface area contributed by atoms with Crippen LogP contribution < -0.4 is 11.0 Å². The summed E-state index contributed by atoms with van der Waals surface area (Å²) in [6, 6.07) is 1.65. The minimum absolute atomic E-state index is 0.306. The van der Waals surface area contributed by atoms with Crippen LogP contribution in [0.5, 0.6) is 0 Å². The number of hydrogen-bond acceptors (Lipinski definition) is 5. The van der Waals surface area contributed by atoms with Crippen LogP contribution in [0, 0.1) is 6.92 Å². The summed E-state index contributed by atoms with van der Waals surface area (Å²) < 4.78 is 1.38. The SMILES string of the molecule is Cc1nc(NCC(C)(C)O)cc2n[nH]c(=O)n12. The molecule has 92 valence electrons. The molecule has 7 heteroatoms. The summed E-state index contributed by atoms with van der Waals surface area (Å²) in [5, 5.41) is 18.8. The molecule has 0 saturated heterocycles. The van der Waals surface area contributed by atoms with Gasteiger partial charge in [-0.25, -0.2) is 19.3 Å². The molecule has 0 radical (unpaired) electrons. The summed E-state index contributed by atoms with van der Waals surface area (Å²) in [6.07, 6.45) is 0. The summed E-state index contributed by atoms with van der Waals surface area (Å²) in [5.41, 5.74) is -0.632. The van der Waals surface area contributed by atoms with Gasteiger partial charge in [-0.3, -0.25) is 0 Å². The van der Waals surface area contributed by atoms with E-state index in [1.54, 1.807) is 26.8 Å². The number of anilines is 1. The monoisotopic (exact) mass is 237 g/mol. The summed E-state index contributed by atoms with van der Waals surface area (Å²) in [6.45, 7) is 5.48. The van der Waals surface area contributed by atoms with Crippen molar-refractivity contribution in [2.24, 2.45) is 0 Å². The second-order valence-electron chi connectivity index (χ2n) is 4.58. The Morgan fingerprint density at radius 1 is 1.59 bits per heavy atom. The number of aryl methyl sites for hydroxylation is 1. The highest BCUT2D eigenvalue weighted by molar-refractivity contribution is 5.49. The number of rotatable bonds is 3. The zero-order chi connectivity index (χ0) is 12.6. The maximum Gasteiger partial charge on any atom is 0.349 e. The Morgan fingerprint density at radius 3 is 2.94 bits per heavy atom. The molecule has 0 aromatic carbocycles. The van der Waals surface area contributed by atoms with Gasteiger partial charge in [0, 0.05) is 12.6 Å². The number of fused-ring (bicyclic) bond motifs is 1. The van der Waals surface area contributed by atoms with E-state index in [0.717, 1.165) is 0 Å². The van der Waals surface area contributed by atoms with Crippen molar-refractivity contribution in [3.8, 4) is 0 Å². The Balaban J connectivity index is 2.34. The van der Waals surface area contributed by atoms with Crippen molar-refractivity contribution in [3.05, 3.63) is 22.4 Å². The zero-order valence-corrected chi connectivity index (χ0v) is 9.98. The average molecular weight is 237 g/mol. The molecule has 7 nitrogen and oxygen atoms in total. The number of aromatic nitrogens is 4. The first-order valence-corrected chi connectivity index (χ1v) is 5.28. The second kappa shape index (κ2) is 3.85. The predicted molar refractivity (Wildman–Crippen MR) is 63.1 cm³/mol. The minimum Gasteiger partial charge on any atom is -0.389 e. The molecule has 3 N–H and O–H groups in total. The van der Waals surface area contributed by atoms with E-state index in [1.165, 1.54) is 4.40 Å². The number of nitrogens with zero attached hydrogens (tertiary/aromatic N) is 3. The molecule has 0 bridgehead atoms. The predicted octanol–water partition coefficient (Wildman–Crippen LogP) is -0.0912. The van der Waals surface area contributed by atoms with Crippen LogP contribution in [0.4, 0.5) is 5.82 Å². The summed E-state index contributed by atoms with van der Waals surface area (Å²) in [7, 11) is 0. The van der Waals surface area contributed by atoms with Crippen LogP contribution >= 0.6 is 0 Å². The third kappa shape index (κ3) is 2.44. The van der Waals surface area contributed by atoms with Crippen LogP contribution in [0.15, 0.2) is 10.9 Å². The maximum absolute atomic E-state index is 11.4. The fourth-order valence-electron chi connectivity index (χ4n) is 1.49. The van der Waals surface area contributed by atoms with E-state index < -0.39 is 5.60 Å². The van der Waals surface area contributed by atoms with E-state index in [4.69, 9.17) is 0 Å². The molecule has 0 unspecified atom stereocenters. The maximum atomic E-state index is 11.4. The minimum atomic E-state index is -0.826. The van der Waals surface area contributed by atoms with Gasteiger partial charge in [0.05, 0.1) is 5.60 Å². The van der Waals surface area contributed by atoms with Crippen LogP contribution in [0.1, 0.15) is 19.7 Å². The van der Waals surface area contributed by atoms with E-state index in [0.29, 0.717) is 23.8 Å². The normalized spacial score (nSPS) is 12.0. The molecule has 2 aromatic rings. The van der Waals surface area contributed by atoms with Gasteiger partial charge < -0.3 is 10.4 Å². The molecule has 2 aromatic heterocycles. The van der Waals surface area contributed by atoms with Crippen molar-refractivity contribution in [2.75, 3.05) is 11.9 Å². The third-order valence-corrected chi connectivity index (χ3v) is 2.27. The Labute approximate surface area is 97.5 Å². The first-order chi connectivity index (χ1) is 7.87. The van der Waals surface area contributed by atoms with Crippen LogP contribution in [-0.2, 0) is 0 Å². The van der Waals surface area contributed by atoms with Crippen LogP contribution in [0.3, 0.4) is 0 Å². The first-order valence-electron chi connectivity index (χ1n) is 5.28. The zero-order valence-electron chi connectivity index (χ0n) is 9.98. The molecule has 0 amide bonds. The third-order valence-electron chi connectivity index (χ3n) is 2.27. The smallest absolute Gasteiger partial charge is 0.349 e. The van der Waals surface area contributed by atoms with Crippen molar-refractivity contribution < 1.29 is 5.11 Å². The molecule has 0 fully saturated rings. The number of hydrogen-bond donors (Lipinski definition) is 3. The number of H-pyrrole nitrogens is 1. The number of aliphatic hydroxyl groups is 1. The summed E-state index contributed by atoms with van der Waals surface area (Å²) >= 11 is 0. The molecule has 17 heavy (non-hydrogen) atoms. The summed E-state index contributed by atoms with van der Waals surface area (Å²) in [4.78, 5) is 15.6. The topological polar surface area (TPSA) is 95.3 Å². The van der Waals surface area contributed by atoms with Crippen molar-refractivity contribution in [1.29, 1.82) is 0 Å². The molecule has 0 aliphatic heterocycles. The molecule has 0 saturated carbocycles. The van der Waals surface area contributed by atoms with Crippen molar-refractivity contribution in [3.63, 3.8) is 0 Å². The number of aromatic amines is 1. The van der Waals surface area contributed by atoms with Gasteiger partial charge in [0.15, 0.2) is 5.65 Å². The van der Waals surface area contributed by atoms with E-state index in [1.807, 2.05) is 0 Å². The molecule has 0 spiro atoms. The average Bonchev–Trinajstić information content (AvgIpc) is 2.57. The lowest BCUT2D eigenvalue weighted by atomic mass is 10.1. The second-order valence-corrected chi connectivity index (χ2v) is 4.58. The molecule has 0 atom stereocenters. The lowest BCUT2D eigenvalue weighted by Crippen LogP contribution is -2.29. The molecule has 2 rings (SSSR count). The van der Waals surface area contributed by atoms with E-state index in [-0.39, 0.29) is 5.69 Å². The molecule has 0 aliphatic carbocycles. The Bertz CT molecular complexity index is 593. The Kier molecular flexibility index (Phi) is 2.62. The lowest BCUT2D eigenvalue weighted by Gasteiger charge is -2.18. The van der Waals surface area contributed by atoms with E-state index in [9.17, 15) is 9.90 Å². The quantitative estimate of drug-likeness (QED) is 0.693. The van der Waals surface area contributed by atoms with Crippen LogP contribution in [-0.4, -0.2) is 36.8 Å². The Hall–Kier alpha value is -1.89. The van der Waals surface area contributed by atoms with E-state index >= 15 is 0 Å². The molecule has 2 heterocycles. The molecule has 0 aliphatic rings. The first kappa shape index (κ1) is 11.6. The van der Waals surface area contributed by atoms with Gasteiger partial charge in [-0.1, -0.05) is 0 Å². The lowest BCUT2D eigenvalue weighted by molar-refractivity contribution is 0.0944. The highest BCUT2D eigenvalue weighted by Gasteiger charge is 2.13. The highest BCUT2D eigenvalue weighted by Crippen LogP contribution is 2.09. The standard InChI is InChI=1S/C10H15N5O2/c1-6-12-7(11-5-10(2,3)17)4-8-13-14-9(16)15(6)8/h4,11,17H,5H2,1-3H3,(H,14,16). The van der Waals surface area contributed by atoms with Crippen LogP contribution in [0.25, 0.3) is 5.65 Å². The number of nitrogens with one attached hydrogen (secondary N) is 2. The summed E-state index contributed by atoms with van der Waals surface area (Å²) in [5.74, 6) is 1.12. The van der Waals surface area contributed by atoms with Gasteiger partial charge in [0.1, 0.15) is 11.6 Å². The van der Waals surface area contributed by atoms with Gasteiger partial charge >= 0.3 is 5.69 Å². The molecular weight excluding hydrogens is 222 g/mol. The van der Waals surface area contributed by atoms with Gasteiger partial charge in [-0.15, -0.1) is 0 Å². The van der Waals surface area contributed by atoms with Crippen LogP contribution in [0.2, 0.25) is 0 Å². The van der Waals surface area contributed by atoms with Gasteiger partial charge in [0.2, 0.25) is 0 Å².